The average molecular weight is 386 g/mol. The Hall–Kier alpha value is -2.74. The van der Waals surface area contributed by atoms with Gasteiger partial charge in [0.25, 0.3) is 0 Å². The summed E-state index contributed by atoms with van der Waals surface area (Å²) in [5.41, 5.74) is 1.73. The Morgan fingerprint density at radius 1 is 1.30 bits per heavy atom. The van der Waals surface area contributed by atoms with E-state index in [1.54, 1.807) is 37.0 Å². The number of aromatic nitrogens is 3. The van der Waals surface area contributed by atoms with Gasteiger partial charge < -0.3 is 9.84 Å². The number of rotatable bonds is 7. The maximum Gasteiger partial charge on any atom is 0.227 e. The van der Waals surface area contributed by atoms with Gasteiger partial charge in [0, 0.05) is 18.4 Å². The molecule has 1 amide bonds. The van der Waals surface area contributed by atoms with Gasteiger partial charge in [-0.2, -0.15) is 4.98 Å². The molecule has 2 heterocycles. The van der Waals surface area contributed by atoms with Gasteiger partial charge in [-0.3, -0.25) is 4.79 Å². The maximum atomic E-state index is 13.7. The molecule has 0 aliphatic rings. The van der Waals surface area contributed by atoms with Gasteiger partial charge in [-0.1, -0.05) is 24.2 Å². The van der Waals surface area contributed by atoms with Crippen molar-refractivity contribution in [2.24, 2.45) is 0 Å². The highest BCUT2D eigenvalue weighted by Crippen LogP contribution is 2.20. The van der Waals surface area contributed by atoms with E-state index in [1.165, 1.54) is 6.07 Å². The third-order valence-corrected chi connectivity index (χ3v) is 4.60. The molecule has 3 aromatic rings. The molecule has 3 rings (SSSR count). The zero-order valence-electron chi connectivity index (χ0n) is 15.0. The number of thioether (sulfide) groups is 1. The van der Waals surface area contributed by atoms with Crippen molar-refractivity contribution in [1.82, 2.24) is 15.1 Å². The molecular weight excluding hydrogens is 367 g/mol. The molecule has 0 radical (unpaired) electrons. The van der Waals surface area contributed by atoms with Gasteiger partial charge in [-0.05, 0) is 36.4 Å². The number of hydrogen-bond acceptors (Lipinski definition) is 6. The highest BCUT2D eigenvalue weighted by Gasteiger charge is 2.12. The molecule has 0 saturated heterocycles. The fourth-order valence-corrected chi connectivity index (χ4v) is 2.92. The molecule has 0 bridgehead atoms. The fraction of sp³-hybridized carbons (Fsp3) is 0.263. The van der Waals surface area contributed by atoms with E-state index in [1.807, 2.05) is 12.1 Å². The highest BCUT2D eigenvalue weighted by molar-refractivity contribution is 7.99. The van der Waals surface area contributed by atoms with Crippen molar-refractivity contribution in [3.63, 3.8) is 0 Å². The van der Waals surface area contributed by atoms with Gasteiger partial charge >= 0.3 is 0 Å². The van der Waals surface area contributed by atoms with Crippen LogP contribution in [0.1, 0.15) is 24.8 Å². The molecule has 0 aliphatic heterocycles. The summed E-state index contributed by atoms with van der Waals surface area (Å²) in [4.78, 5) is 20.6. The van der Waals surface area contributed by atoms with Crippen LogP contribution in [0, 0.1) is 12.7 Å². The molecule has 1 N–H and O–H groups in total. The molecule has 2 aromatic heterocycles. The van der Waals surface area contributed by atoms with Crippen LogP contribution in [-0.4, -0.2) is 26.8 Å². The lowest BCUT2D eigenvalue weighted by atomic mass is 10.1. The molecule has 0 unspecified atom stereocenters. The number of nitrogens with one attached hydrogen (secondary N) is 1. The number of nitrogens with zero attached hydrogens (tertiary/aromatic N) is 3. The van der Waals surface area contributed by atoms with Crippen molar-refractivity contribution in [2.45, 2.75) is 31.7 Å². The largest absolute Gasteiger partial charge is 0.339 e. The van der Waals surface area contributed by atoms with E-state index in [0.717, 1.165) is 10.8 Å². The summed E-state index contributed by atoms with van der Waals surface area (Å²) < 4.78 is 18.8. The summed E-state index contributed by atoms with van der Waals surface area (Å²) in [5, 5.41) is 7.55. The summed E-state index contributed by atoms with van der Waals surface area (Å²) in [6.07, 6.45) is 2.12. The van der Waals surface area contributed by atoms with E-state index in [2.05, 4.69) is 27.4 Å². The Labute approximate surface area is 160 Å². The minimum atomic E-state index is -0.324. The summed E-state index contributed by atoms with van der Waals surface area (Å²) in [6, 6.07) is 8.44. The van der Waals surface area contributed by atoms with Gasteiger partial charge in [-0.25, -0.2) is 9.37 Å². The lowest BCUT2D eigenvalue weighted by Gasteiger charge is -2.04. The van der Waals surface area contributed by atoms with Crippen molar-refractivity contribution >= 4 is 23.4 Å². The molecule has 27 heavy (non-hydrogen) atoms. The van der Waals surface area contributed by atoms with Crippen LogP contribution in [0.15, 0.2) is 46.1 Å². The first-order valence-electron chi connectivity index (χ1n) is 8.53. The smallest absolute Gasteiger partial charge is 0.227 e. The second-order valence-electron chi connectivity index (χ2n) is 5.84. The summed E-state index contributed by atoms with van der Waals surface area (Å²) in [5.74, 6) is 1.08. The van der Waals surface area contributed by atoms with Crippen LogP contribution in [0.3, 0.4) is 0 Å². The Kier molecular flexibility index (Phi) is 6.18. The number of pyridine rings is 1. The quantitative estimate of drug-likeness (QED) is 0.611. The number of amides is 1. The normalized spacial score (nSPS) is 10.8. The van der Waals surface area contributed by atoms with Crippen LogP contribution in [-0.2, 0) is 11.2 Å². The average Bonchev–Trinajstić information content (AvgIpc) is 3.13. The van der Waals surface area contributed by atoms with Gasteiger partial charge in [0.2, 0.25) is 17.6 Å². The molecule has 0 saturated carbocycles. The number of carbonyl (C=O) groups is 1. The Morgan fingerprint density at radius 3 is 2.85 bits per heavy atom. The summed E-state index contributed by atoms with van der Waals surface area (Å²) in [7, 11) is 0. The number of carbonyl (C=O) groups excluding carboxylic acids is 1. The first-order chi connectivity index (χ1) is 13.0. The van der Waals surface area contributed by atoms with Gasteiger partial charge in [-0.15, -0.1) is 11.8 Å². The van der Waals surface area contributed by atoms with Crippen LogP contribution in [0.5, 0.6) is 0 Å². The molecule has 140 valence electrons. The third-order valence-electron chi connectivity index (χ3n) is 3.78. The Bertz CT molecular complexity index is 928. The molecule has 1 aromatic carbocycles. The molecule has 6 nitrogen and oxygen atoms in total. The van der Waals surface area contributed by atoms with E-state index in [9.17, 15) is 9.18 Å². The SMILES string of the molecule is CCSc1ccc(NC(=O)CCc2nc(-c3ccc(C)c(F)c3)no2)cn1. The predicted octanol–water partition coefficient (Wildman–Crippen LogP) is 4.26. The highest BCUT2D eigenvalue weighted by atomic mass is 32.2. The lowest BCUT2D eigenvalue weighted by Crippen LogP contribution is -2.12. The molecule has 8 heteroatoms. The monoisotopic (exact) mass is 386 g/mol. The molecular formula is C19H19FN4O2S. The van der Waals surface area contributed by atoms with Crippen LogP contribution >= 0.6 is 11.8 Å². The van der Waals surface area contributed by atoms with Crippen LogP contribution in [0.25, 0.3) is 11.4 Å². The van der Waals surface area contributed by atoms with Crippen molar-refractivity contribution < 1.29 is 13.7 Å². The molecule has 0 spiro atoms. The van der Waals surface area contributed by atoms with Crippen LogP contribution in [0.4, 0.5) is 10.1 Å². The van der Waals surface area contributed by atoms with E-state index in [0.29, 0.717) is 35.0 Å². The van der Waals surface area contributed by atoms with Crippen molar-refractivity contribution in [3.8, 4) is 11.4 Å². The maximum absolute atomic E-state index is 13.7. The second-order valence-corrected chi connectivity index (χ2v) is 7.13. The van der Waals surface area contributed by atoms with Crippen molar-refractivity contribution in [3.05, 3.63) is 53.8 Å². The van der Waals surface area contributed by atoms with E-state index in [-0.39, 0.29) is 18.1 Å². The van der Waals surface area contributed by atoms with Crippen molar-refractivity contribution in [1.29, 1.82) is 0 Å². The summed E-state index contributed by atoms with van der Waals surface area (Å²) in [6.45, 7) is 3.74. The minimum absolute atomic E-state index is 0.172. The third kappa shape index (κ3) is 5.13. The predicted molar refractivity (Wildman–Crippen MR) is 102 cm³/mol. The van der Waals surface area contributed by atoms with Crippen LogP contribution < -0.4 is 5.32 Å². The number of halogens is 1. The van der Waals surface area contributed by atoms with E-state index in [4.69, 9.17) is 4.52 Å². The second kappa shape index (κ2) is 8.77. The number of anilines is 1. The van der Waals surface area contributed by atoms with Crippen molar-refractivity contribution in [2.75, 3.05) is 11.1 Å². The zero-order chi connectivity index (χ0) is 19.2. The number of benzene rings is 1. The number of aryl methyl sites for hydroxylation is 2. The van der Waals surface area contributed by atoms with Gasteiger partial charge in [0.15, 0.2) is 0 Å². The van der Waals surface area contributed by atoms with E-state index < -0.39 is 0 Å². The Balaban J connectivity index is 1.54. The van der Waals surface area contributed by atoms with Gasteiger partial charge in [0.1, 0.15) is 5.82 Å². The molecule has 0 aliphatic carbocycles. The Morgan fingerprint density at radius 2 is 2.15 bits per heavy atom. The summed E-state index contributed by atoms with van der Waals surface area (Å²) >= 11 is 1.64. The zero-order valence-corrected chi connectivity index (χ0v) is 15.8. The first kappa shape index (κ1) is 19.0. The molecule has 0 fully saturated rings. The van der Waals surface area contributed by atoms with Gasteiger partial charge in [0.05, 0.1) is 16.9 Å². The minimum Gasteiger partial charge on any atom is -0.339 e. The standard InChI is InChI=1S/C19H19FN4O2S/c1-3-27-18-9-6-14(11-21-18)22-16(25)7-8-17-23-19(24-26-17)13-5-4-12(2)15(20)10-13/h4-6,9-11H,3,7-8H2,1-2H3,(H,22,25). The van der Waals surface area contributed by atoms with E-state index >= 15 is 0 Å². The topological polar surface area (TPSA) is 80.9 Å². The number of hydrogen-bond donors (Lipinski definition) is 1. The fourth-order valence-electron chi connectivity index (χ4n) is 2.34. The van der Waals surface area contributed by atoms with Crippen LogP contribution in [0.2, 0.25) is 0 Å². The lowest BCUT2D eigenvalue weighted by molar-refractivity contribution is -0.116. The first-order valence-corrected chi connectivity index (χ1v) is 9.51. The molecule has 0 atom stereocenters.